The average Bonchev–Trinajstić information content (AvgIpc) is 2.83. The maximum absolute atomic E-state index is 5.30. The molecule has 1 saturated carbocycles. The van der Waals surface area contributed by atoms with Gasteiger partial charge in [-0.15, -0.1) is 0 Å². The zero-order valence-corrected chi connectivity index (χ0v) is 9.07. The number of furan rings is 1. The van der Waals surface area contributed by atoms with Crippen LogP contribution < -0.4 is 5.32 Å². The number of aromatic amines is 1. The van der Waals surface area contributed by atoms with Gasteiger partial charge in [-0.2, -0.15) is 0 Å². The minimum Gasteiger partial charge on any atom is -0.463 e. The van der Waals surface area contributed by atoms with Crippen LogP contribution in [0.15, 0.2) is 29.0 Å². The topological polar surface area (TPSA) is 53.9 Å². The fraction of sp³-hybridized carbons (Fsp3) is 0.417. The molecular weight excluding hydrogens is 202 g/mol. The van der Waals surface area contributed by atoms with Crippen LogP contribution in [0.5, 0.6) is 0 Å². The summed E-state index contributed by atoms with van der Waals surface area (Å²) in [5, 5.41) is 3.47. The van der Waals surface area contributed by atoms with E-state index in [1.54, 1.807) is 6.26 Å². The van der Waals surface area contributed by atoms with Crippen LogP contribution in [0.3, 0.4) is 0 Å². The van der Waals surface area contributed by atoms with E-state index in [9.17, 15) is 0 Å². The second-order valence-electron chi connectivity index (χ2n) is 4.20. The van der Waals surface area contributed by atoms with Crippen LogP contribution in [-0.4, -0.2) is 22.6 Å². The third-order valence-electron chi connectivity index (χ3n) is 2.79. The molecule has 1 fully saturated rings. The van der Waals surface area contributed by atoms with Gasteiger partial charge in [0.1, 0.15) is 11.5 Å². The lowest BCUT2D eigenvalue weighted by Gasteiger charge is -1.99. The Morgan fingerprint density at radius 2 is 2.44 bits per heavy atom. The van der Waals surface area contributed by atoms with E-state index >= 15 is 0 Å². The van der Waals surface area contributed by atoms with Crippen LogP contribution in [0.4, 0.5) is 0 Å². The molecule has 0 radical (unpaired) electrons. The largest absolute Gasteiger partial charge is 0.463 e. The van der Waals surface area contributed by atoms with E-state index in [2.05, 4.69) is 15.3 Å². The first kappa shape index (κ1) is 9.66. The Kier molecular flexibility index (Phi) is 2.50. The van der Waals surface area contributed by atoms with Gasteiger partial charge in [-0.25, -0.2) is 4.98 Å². The molecule has 0 saturated heterocycles. The number of aromatic nitrogens is 2. The first-order valence-electron chi connectivity index (χ1n) is 5.73. The normalized spacial score (nSPS) is 15.5. The number of imidazole rings is 1. The molecule has 84 valence electrons. The number of nitrogens with one attached hydrogen (secondary N) is 2. The SMILES string of the molecule is c1coc(-c2cnc(CCNC3CC3)[nH]2)c1. The van der Waals surface area contributed by atoms with E-state index < -0.39 is 0 Å². The lowest BCUT2D eigenvalue weighted by atomic mass is 10.3. The molecule has 16 heavy (non-hydrogen) atoms. The maximum Gasteiger partial charge on any atom is 0.151 e. The molecule has 0 bridgehead atoms. The van der Waals surface area contributed by atoms with Gasteiger partial charge >= 0.3 is 0 Å². The molecule has 2 N–H and O–H groups in total. The molecular formula is C12H15N3O. The second-order valence-corrected chi connectivity index (χ2v) is 4.20. The quantitative estimate of drug-likeness (QED) is 0.805. The Balaban J connectivity index is 1.59. The molecule has 0 atom stereocenters. The summed E-state index contributed by atoms with van der Waals surface area (Å²) >= 11 is 0. The van der Waals surface area contributed by atoms with Crippen LogP contribution in [-0.2, 0) is 6.42 Å². The van der Waals surface area contributed by atoms with Gasteiger partial charge in [0.05, 0.1) is 12.5 Å². The number of rotatable bonds is 5. The van der Waals surface area contributed by atoms with Crippen LogP contribution in [0.25, 0.3) is 11.5 Å². The fourth-order valence-corrected chi connectivity index (χ4v) is 1.73. The summed E-state index contributed by atoms with van der Waals surface area (Å²) in [7, 11) is 0. The first-order chi connectivity index (χ1) is 7.92. The van der Waals surface area contributed by atoms with Crippen LogP contribution in [0.2, 0.25) is 0 Å². The molecule has 0 spiro atoms. The van der Waals surface area contributed by atoms with Crippen molar-refractivity contribution in [3.63, 3.8) is 0 Å². The molecule has 1 aliphatic rings. The minimum atomic E-state index is 0.763. The van der Waals surface area contributed by atoms with Gasteiger partial charge in [0.15, 0.2) is 5.76 Å². The molecule has 2 aromatic heterocycles. The Morgan fingerprint density at radius 1 is 1.50 bits per heavy atom. The van der Waals surface area contributed by atoms with Crippen molar-refractivity contribution in [2.24, 2.45) is 0 Å². The monoisotopic (exact) mass is 217 g/mol. The Hall–Kier alpha value is -1.55. The minimum absolute atomic E-state index is 0.763. The van der Waals surface area contributed by atoms with Gasteiger partial charge in [-0.3, -0.25) is 0 Å². The van der Waals surface area contributed by atoms with Crippen molar-refractivity contribution in [3.05, 3.63) is 30.4 Å². The molecule has 0 amide bonds. The van der Waals surface area contributed by atoms with Gasteiger partial charge in [0, 0.05) is 19.0 Å². The van der Waals surface area contributed by atoms with Crippen LogP contribution >= 0.6 is 0 Å². The van der Waals surface area contributed by atoms with E-state index in [0.717, 1.165) is 36.3 Å². The number of hydrogen-bond donors (Lipinski definition) is 2. The molecule has 4 heteroatoms. The van der Waals surface area contributed by atoms with E-state index in [1.807, 2.05) is 18.3 Å². The summed E-state index contributed by atoms with van der Waals surface area (Å²) in [6.07, 6.45) is 7.10. The van der Waals surface area contributed by atoms with Crippen molar-refractivity contribution in [2.75, 3.05) is 6.54 Å². The highest BCUT2D eigenvalue weighted by Crippen LogP contribution is 2.19. The van der Waals surface area contributed by atoms with Gasteiger partial charge in [-0.1, -0.05) is 0 Å². The second kappa shape index (κ2) is 4.14. The third-order valence-corrected chi connectivity index (χ3v) is 2.79. The van der Waals surface area contributed by atoms with Gasteiger partial charge in [0.2, 0.25) is 0 Å². The van der Waals surface area contributed by atoms with E-state index in [4.69, 9.17) is 4.42 Å². The number of hydrogen-bond acceptors (Lipinski definition) is 3. The molecule has 0 aliphatic heterocycles. The average molecular weight is 217 g/mol. The Morgan fingerprint density at radius 3 is 3.19 bits per heavy atom. The Bertz CT molecular complexity index is 443. The fourth-order valence-electron chi connectivity index (χ4n) is 1.73. The van der Waals surface area contributed by atoms with E-state index in [-0.39, 0.29) is 0 Å². The summed E-state index contributed by atoms with van der Waals surface area (Å²) in [4.78, 5) is 7.60. The summed E-state index contributed by atoms with van der Waals surface area (Å²) < 4.78 is 5.30. The van der Waals surface area contributed by atoms with Crippen LogP contribution in [0, 0.1) is 0 Å². The van der Waals surface area contributed by atoms with Crippen molar-refractivity contribution in [1.82, 2.24) is 15.3 Å². The Labute approximate surface area is 94.1 Å². The first-order valence-corrected chi connectivity index (χ1v) is 5.73. The summed E-state index contributed by atoms with van der Waals surface area (Å²) in [5.41, 5.74) is 0.950. The van der Waals surface area contributed by atoms with Gasteiger partial charge in [-0.05, 0) is 25.0 Å². The summed E-state index contributed by atoms with van der Waals surface area (Å²) in [6.45, 7) is 0.996. The number of nitrogens with zero attached hydrogens (tertiary/aromatic N) is 1. The standard InChI is InChI=1S/C12H15N3O/c1-2-11(16-7-1)10-8-14-12(15-10)5-6-13-9-3-4-9/h1-2,7-9,13H,3-6H2,(H,14,15). The summed E-state index contributed by atoms with van der Waals surface area (Å²) in [5.74, 6) is 1.86. The van der Waals surface area contributed by atoms with Crippen LogP contribution in [0.1, 0.15) is 18.7 Å². The predicted octanol–water partition coefficient (Wildman–Crippen LogP) is 1.96. The van der Waals surface area contributed by atoms with Crippen molar-refractivity contribution in [2.45, 2.75) is 25.3 Å². The van der Waals surface area contributed by atoms with Gasteiger partial charge in [0.25, 0.3) is 0 Å². The zero-order chi connectivity index (χ0) is 10.8. The highest BCUT2D eigenvalue weighted by atomic mass is 16.3. The molecule has 1 aliphatic carbocycles. The molecule has 2 heterocycles. The lowest BCUT2D eigenvalue weighted by Crippen LogP contribution is -2.19. The molecule has 2 aromatic rings. The van der Waals surface area contributed by atoms with E-state index in [0.29, 0.717) is 0 Å². The number of H-pyrrole nitrogens is 1. The lowest BCUT2D eigenvalue weighted by molar-refractivity contribution is 0.580. The highest BCUT2D eigenvalue weighted by molar-refractivity contribution is 5.50. The van der Waals surface area contributed by atoms with Crippen molar-refractivity contribution < 1.29 is 4.42 Å². The van der Waals surface area contributed by atoms with Crippen molar-refractivity contribution >= 4 is 0 Å². The van der Waals surface area contributed by atoms with Gasteiger partial charge < -0.3 is 14.7 Å². The maximum atomic E-state index is 5.30. The highest BCUT2D eigenvalue weighted by Gasteiger charge is 2.19. The third kappa shape index (κ3) is 2.17. The predicted molar refractivity (Wildman–Crippen MR) is 61.0 cm³/mol. The summed E-state index contributed by atoms with van der Waals surface area (Å²) in [6, 6.07) is 4.57. The zero-order valence-electron chi connectivity index (χ0n) is 9.07. The molecule has 4 nitrogen and oxygen atoms in total. The molecule has 0 unspecified atom stereocenters. The molecule has 3 rings (SSSR count). The smallest absolute Gasteiger partial charge is 0.151 e. The molecule has 0 aromatic carbocycles. The van der Waals surface area contributed by atoms with Crippen molar-refractivity contribution in [3.8, 4) is 11.5 Å². The van der Waals surface area contributed by atoms with Crippen molar-refractivity contribution in [1.29, 1.82) is 0 Å². The van der Waals surface area contributed by atoms with E-state index in [1.165, 1.54) is 12.8 Å².